The zero-order valence-electron chi connectivity index (χ0n) is 10.3. The monoisotopic (exact) mass is 264 g/mol. The number of pyridine rings is 1. The number of fused-ring (bicyclic) bond motifs is 1. The van der Waals surface area contributed by atoms with Gasteiger partial charge >= 0.3 is 0 Å². The van der Waals surface area contributed by atoms with Gasteiger partial charge in [-0.15, -0.1) is 0 Å². The van der Waals surface area contributed by atoms with Crippen LogP contribution in [0.3, 0.4) is 0 Å². The van der Waals surface area contributed by atoms with Crippen molar-refractivity contribution >= 4 is 10.8 Å². The maximum Gasteiger partial charge on any atom is 0.224 e. The van der Waals surface area contributed by atoms with Crippen LogP contribution in [-0.2, 0) is 0 Å². The molecule has 5 heteroatoms. The predicted molar refractivity (Wildman–Crippen MR) is 68.2 cm³/mol. The van der Waals surface area contributed by atoms with Crippen LogP contribution in [0.1, 0.15) is 12.8 Å². The molecule has 19 heavy (non-hydrogen) atoms. The van der Waals surface area contributed by atoms with Crippen molar-refractivity contribution in [2.24, 2.45) is 0 Å². The molecular weight excluding hydrogens is 250 g/mol. The number of ether oxygens (including phenoxy) is 1. The van der Waals surface area contributed by atoms with E-state index in [1.54, 1.807) is 6.07 Å². The fourth-order valence-corrected chi connectivity index (χ4v) is 2.39. The van der Waals surface area contributed by atoms with E-state index < -0.39 is 11.6 Å². The van der Waals surface area contributed by atoms with Crippen LogP contribution in [0.4, 0.5) is 8.78 Å². The zero-order chi connectivity index (χ0) is 13.2. The maximum atomic E-state index is 13.8. The molecule has 0 saturated carbocycles. The average molecular weight is 264 g/mol. The fraction of sp³-hybridized carbons (Fsp3) is 0.357. The summed E-state index contributed by atoms with van der Waals surface area (Å²) in [5, 5.41) is 3.99. The first-order chi connectivity index (χ1) is 9.24. The van der Waals surface area contributed by atoms with Crippen molar-refractivity contribution in [1.82, 2.24) is 10.3 Å². The largest absolute Gasteiger partial charge is 0.475 e. The van der Waals surface area contributed by atoms with Gasteiger partial charge in [0.25, 0.3) is 0 Å². The van der Waals surface area contributed by atoms with Crippen LogP contribution in [0.15, 0.2) is 24.4 Å². The lowest BCUT2D eigenvalue weighted by Crippen LogP contribution is -2.28. The summed E-state index contributed by atoms with van der Waals surface area (Å²) in [6.45, 7) is 1.43. The van der Waals surface area contributed by atoms with Gasteiger partial charge in [-0.05, 0) is 36.9 Å². The molecule has 1 aliphatic heterocycles. The molecule has 1 aromatic heterocycles. The number of nitrogens with zero attached hydrogens (tertiary/aromatic N) is 1. The second kappa shape index (κ2) is 5.09. The van der Waals surface area contributed by atoms with E-state index in [2.05, 4.69) is 10.3 Å². The second-order valence-corrected chi connectivity index (χ2v) is 4.71. The van der Waals surface area contributed by atoms with E-state index in [1.807, 2.05) is 0 Å². The van der Waals surface area contributed by atoms with Gasteiger partial charge in [-0.2, -0.15) is 0 Å². The maximum absolute atomic E-state index is 13.8. The third kappa shape index (κ3) is 2.51. The molecule has 3 nitrogen and oxygen atoms in total. The molecule has 1 aromatic carbocycles. The first-order valence-corrected chi connectivity index (χ1v) is 6.34. The van der Waals surface area contributed by atoms with Crippen molar-refractivity contribution in [2.45, 2.75) is 18.9 Å². The summed E-state index contributed by atoms with van der Waals surface area (Å²) in [4.78, 5) is 4.05. The molecule has 0 spiro atoms. The van der Waals surface area contributed by atoms with Gasteiger partial charge in [0, 0.05) is 18.3 Å². The van der Waals surface area contributed by atoms with E-state index in [0.717, 1.165) is 25.5 Å². The number of benzene rings is 1. The Bertz CT molecular complexity index is 597. The van der Waals surface area contributed by atoms with Crippen molar-refractivity contribution in [3.63, 3.8) is 0 Å². The van der Waals surface area contributed by atoms with Crippen molar-refractivity contribution in [2.75, 3.05) is 13.2 Å². The lowest BCUT2D eigenvalue weighted by atomic mass is 10.1. The summed E-state index contributed by atoms with van der Waals surface area (Å²) in [5.74, 6) is -1.01. The topological polar surface area (TPSA) is 34.1 Å². The highest BCUT2D eigenvalue weighted by molar-refractivity contribution is 5.87. The smallest absolute Gasteiger partial charge is 0.224 e. The highest BCUT2D eigenvalue weighted by Crippen LogP contribution is 2.27. The molecule has 1 aliphatic rings. The third-order valence-corrected chi connectivity index (χ3v) is 3.33. The Morgan fingerprint density at radius 2 is 2.26 bits per heavy atom. The molecule has 0 amide bonds. The highest BCUT2D eigenvalue weighted by atomic mass is 19.1. The van der Waals surface area contributed by atoms with Gasteiger partial charge in [0.05, 0.1) is 5.39 Å². The van der Waals surface area contributed by atoms with Crippen LogP contribution in [0.25, 0.3) is 10.8 Å². The summed E-state index contributed by atoms with van der Waals surface area (Å²) in [7, 11) is 0. The molecule has 1 fully saturated rings. The Hall–Kier alpha value is -1.75. The minimum absolute atomic E-state index is 0.226. The minimum atomic E-state index is -0.641. The van der Waals surface area contributed by atoms with E-state index in [4.69, 9.17) is 4.74 Å². The van der Waals surface area contributed by atoms with Gasteiger partial charge in [0.1, 0.15) is 18.2 Å². The molecule has 0 radical (unpaired) electrons. The Kier molecular flexibility index (Phi) is 3.29. The van der Waals surface area contributed by atoms with E-state index in [9.17, 15) is 8.78 Å². The Balaban J connectivity index is 1.90. The number of rotatable bonds is 3. The van der Waals surface area contributed by atoms with Crippen LogP contribution in [0.2, 0.25) is 0 Å². The number of halogens is 2. The van der Waals surface area contributed by atoms with E-state index in [0.29, 0.717) is 12.0 Å². The standard InChI is InChI=1S/C14H14F2N2O/c15-10-6-9-3-5-18-14(13(9)12(16)7-10)19-8-11-2-1-4-17-11/h3,5-7,11,17H,1-2,4,8H2. The van der Waals surface area contributed by atoms with Gasteiger partial charge in [0.2, 0.25) is 5.88 Å². The number of hydrogen-bond donors (Lipinski definition) is 1. The first kappa shape index (κ1) is 12.3. The van der Waals surface area contributed by atoms with Gasteiger partial charge in [-0.3, -0.25) is 0 Å². The number of hydrogen-bond acceptors (Lipinski definition) is 3. The zero-order valence-corrected chi connectivity index (χ0v) is 10.3. The van der Waals surface area contributed by atoms with Gasteiger partial charge in [0.15, 0.2) is 0 Å². The lowest BCUT2D eigenvalue weighted by molar-refractivity contribution is 0.270. The summed E-state index contributed by atoms with van der Waals surface area (Å²) in [6.07, 6.45) is 3.66. The van der Waals surface area contributed by atoms with Crippen LogP contribution in [-0.4, -0.2) is 24.2 Å². The van der Waals surface area contributed by atoms with Crippen LogP contribution >= 0.6 is 0 Å². The molecule has 0 aliphatic carbocycles. The molecule has 100 valence electrons. The van der Waals surface area contributed by atoms with Gasteiger partial charge in [-0.25, -0.2) is 13.8 Å². The average Bonchev–Trinajstić information content (AvgIpc) is 2.88. The minimum Gasteiger partial charge on any atom is -0.475 e. The van der Waals surface area contributed by atoms with E-state index in [-0.39, 0.29) is 17.3 Å². The summed E-state index contributed by atoms with van der Waals surface area (Å²) in [6, 6.07) is 3.98. The SMILES string of the molecule is Fc1cc(F)c2c(OCC3CCCN3)nccc2c1. The highest BCUT2D eigenvalue weighted by Gasteiger charge is 2.16. The molecule has 2 heterocycles. The molecule has 1 atom stereocenters. The normalized spacial score (nSPS) is 18.9. The van der Waals surface area contributed by atoms with Crippen molar-refractivity contribution in [3.8, 4) is 5.88 Å². The van der Waals surface area contributed by atoms with E-state index in [1.165, 1.54) is 12.3 Å². The van der Waals surface area contributed by atoms with Gasteiger partial charge < -0.3 is 10.1 Å². The molecule has 3 rings (SSSR count). The van der Waals surface area contributed by atoms with Gasteiger partial charge in [-0.1, -0.05) is 0 Å². The summed E-state index contributed by atoms with van der Waals surface area (Å²) in [5.41, 5.74) is 0. The molecule has 1 N–H and O–H groups in total. The third-order valence-electron chi connectivity index (χ3n) is 3.33. The van der Waals surface area contributed by atoms with Crippen molar-refractivity contribution in [3.05, 3.63) is 36.0 Å². The summed E-state index contributed by atoms with van der Waals surface area (Å²) < 4.78 is 32.6. The Morgan fingerprint density at radius 1 is 1.37 bits per heavy atom. The molecule has 0 bridgehead atoms. The molecule has 1 saturated heterocycles. The molecule has 2 aromatic rings. The van der Waals surface area contributed by atoms with Crippen molar-refractivity contribution < 1.29 is 13.5 Å². The second-order valence-electron chi connectivity index (χ2n) is 4.71. The quantitative estimate of drug-likeness (QED) is 0.925. The van der Waals surface area contributed by atoms with Crippen LogP contribution < -0.4 is 10.1 Å². The van der Waals surface area contributed by atoms with Crippen molar-refractivity contribution in [1.29, 1.82) is 0 Å². The molecular formula is C14H14F2N2O. The molecule has 1 unspecified atom stereocenters. The first-order valence-electron chi connectivity index (χ1n) is 6.34. The van der Waals surface area contributed by atoms with Crippen LogP contribution in [0, 0.1) is 11.6 Å². The Labute approximate surface area is 109 Å². The predicted octanol–water partition coefficient (Wildman–Crippen LogP) is 2.64. The summed E-state index contributed by atoms with van der Waals surface area (Å²) >= 11 is 0. The van der Waals surface area contributed by atoms with E-state index >= 15 is 0 Å². The van der Waals surface area contributed by atoms with Crippen LogP contribution in [0.5, 0.6) is 5.88 Å². The Morgan fingerprint density at radius 3 is 3.05 bits per heavy atom. The lowest BCUT2D eigenvalue weighted by Gasteiger charge is -2.13. The fourth-order valence-electron chi connectivity index (χ4n) is 2.39. The number of aromatic nitrogens is 1. The number of nitrogens with one attached hydrogen (secondary N) is 1.